The van der Waals surface area contributed by atoms with Gasteiger partial charge in [0, 0.05) is 18.3 Å². The van der Waals surface area contributed by atoms with Crippen LogP contribution >= 0.6 is 0 Å². The summed E-state index contributed by atoms with van der Waals surface area (Å²) >= 11 is 0. The first-order valence-electron chi connectivity index (χ1n) is 9.55. The second-order valence-electron chi connectivity index (χ2n) is 6.34. The Morgan fingerprint density at radius 1 is 1.07 bits per heavy atom. The number of nitrogens with zero attached hydrogens (tertiary/aromatic N) is 1. The molecule has 0 saturated carbocycles. The number of pyridine rings is 1. The van der Waals surface area contributed by atoms with Crippen LogP contribution in [0, 0.1) is 0 Å². The molecule has 29 heavy (non-hydrogen) atoms. The predicted octanol–water partition coefficient (Wildman–Crippen LogP) is 4.40. The number of anilines is 2. The van der Waals surface area contributed by atoms with E-state index in [2.05, 4.69) is 15.6 Å². The van der Waals surface area contributed by atoms with Crippen molar-refractivity contribution in [2.24, 2.45) is 0 Å². The average Bonchev–Trinajstić information content (AvgIpc) is 2.76. The molecule has 150 valence electrons. The maximum Gasteiger partial charge on any atom is 0.255 e. The lowest BCUT2D eigenvalue weighted by Crippen LogP contribution is -2.14. The second-order valence-corrected chi connectivity index (χ2v) is 6.34. The van der Waals surface area contributed by atoms with Crippen molar-refractivity contribution >= 4 is 17.4 Å². The topological polar surface area (TPSA) is 72.5 Å². The highest BCUT2D eigenvalue weighted by atomic mass is 16.5. The molecule has 3 rings (SSSR count). The van der Waals surface area contributed by atoms with Crippen LogP contribution < -0.4 is 20.1 Å². The summed E-state index contributed by atoms with van der Waals surface area (Å²) < 4.78 is 10.7. The molecule has 1 heterocycles. The Bertz CT molecular complexity index is 942. The third-order valence-corrected chi connectivity index (χ3v) is 4.34. The molecule has 0 unspecified atom stereocenters. The van der Waals surface area contributed by atoms with Gasteiger partial charge in [0.05, 0.1) is 19.4 Å². The van der Waals surface area contributed by atoms with Gasteiger partial charge in [0.1, 0.15) is 17.3 Å². The van der Waals surface area contributed by atoms with E-state index in [-0.39, 0.29) is 5.91 Å². The van der Waals surface area contributed by atoms with Crippen LogP contribution in [0.15, 0.2) is 66.9 Å². The highest BCUT2D eigenvalue weighted by molar-refractivity contribution is 6.05. The van der Waals surface area contributed by atoms with Crippen LogP contribution in [0.1, 0.15) is 22.8 Å². The smallest absolute Gasteiger partial charge is 0.255 e. The van der Waals surface area contributed by atoms with E-state index in [1.807, 2.05) is 55.5 Å². The van der Waals surface area contributed by atoms with Gasteiger partial charge in [-0.2, -0.15) is 0 Å². The first-order chi connectivity index (χ1) is 14.2. The van der Waals surface area contributed by atoms with Gasteiger partial charge < -0.3 is 20.1 Å². The second kappa shape index (κ2) is 10.1. The number of ether oxygens (including phenoxy) is 2. The van der Waals surface area contributed by atoms with E-state index >= 15 is 0 Å². The molecule has 0 spiro atoms. The molecule has 0 aliphatic carbocycles. The van der Waals surface area contributed by atoms with Crippen LogP contribution in [-0.4, -0.2) is 31.2 Å². The summed E-state index contributed by atoms with van der Waals surface area (Å²) in [5.74, 6) is 1.94. The summed E-state index contributed by atoms with van der Waals surface area (Å²) in [4.78, 5) is 16.9. The summed E-state index contributed by atoms with van der Waals surface area (Å²) in [5, 5.41) is 6.17. The zero-order valence-corrected chi connectivity index (χ0v) is 16.6. The molecular formula is C23H25N3O3. The summed E-state index contributed by atoms with van der Waals surface area (Å²) in [6.45, 7) is 3.15. The van der Waals surface area contributed by atoms with Crippen molar-refractivity contribution in [3.05, 3.63) is 78.0 Å². The molecule has 0 bridgehead atoms. The van der Waals surface area contributed by atoms with E-state index in [0.717, 1.165) is 12.2 Å². The van der Waals surface area contributed by atoms with E-state index in [0.29, 0.717) is 36.0 Å². The van der Waals surface area contributed by atoms with Gasteiger partial charge in [0.25, 0.3) is 5.91 Å². The number of aromatic nitrogens is 1. The van der Waals surface area contributed by atoms with Gasteiger partial charge in [-0.15, -0.1) is 0 Å². The number of para-hydroxylation sites is 2. The molecule has 6 nitrogen and oxygen atoms in total. The Balaban J connectivity index is 1.59. The highest BCUT2D eigenvalue weighted by Crippen LogP contribution is 2.24. The monoisotopic (exact) mass is 391 g/mol. The molecule has 0 radical (unpaired) electrons. The van der Waals surface area contributed by atoms with Gasteiger partial charge in [-0.25, -0.2) is 4.98 Å². The molecule has 0 aliphatic heterocycles. The van der Waals surface area contributed by atoms with Gasteiger partial charge in [-0.1, -0.05) is 24.3 Å². The summed E-state index contributed by atoms with van der Waals surface area (Å²) in [6, 6.07) is 18.8. The van der Waals surface area contributed by atoms with E-state index in [9.17, 15) is 4.79 Å². The van der Waals surface area contributed by atoms with Gasteiger partial charge in [-0.3, -0.25) is 4.79 Å². The number of amides is 1. The third-order valence-electron chi connectivity index (χ3n) is 4.34. The number of carbonyl (C=O) groups is 1. The average molecular weight is 391 g/mol. The van der Waals surface area contributed by atoms with E-state index in [1.165, 1.54) is 5.56 Å². The molecule has 0 fully saturated rings. The predicted molar refractivity (Wildman–Crippen MR) is 115 cm³/mol. The van der Waals surface area contributed by atoms with Crippen molar-refractivity contribution in [3.63, 3.8) is 0 Å². The minimum atomic E-state index is -0.210. The molecule has 6 heteroatoms. The summed E-state index contributed by atoms with van der Waals surface area (Å²) in [6.07, 6.45) is 2.46. The largest absolute Gasteiger partial charge is 0.497 e. The number of hydrogen-bond donors (Lipinski definition) is 2. The molecular weight excluding hydrogens is 366 g/mol. The lowest BCUT2D eigenvalue weighted by molar-refractivity contribution is 0.102. The van der Waals surface area contributed by atoms with Crippen LogP contribution in [-0.2, 0) is 6.42 Å². The van der Waals surface area contributed by atoms with Crippen LogP contribution in [0.3, 0.4) is 0 Å². The summed E-state index contributed by atoms with van der Waals surface area (Å²) in [7, 11) is 1.65. The van der Waals surface area contributed by atoms with Gasteiger partial charge in [0.2, 0.25) is 0 Å². The fraction of sp³-hybridized carbons (Fsp3) is 0.217. The van der Waals surface area contributed by atoms with Crippen molar-refractivity contribution < 1.29 is 14.3 Å². The first kappa shape index (κ1) is 20.2. The van der Waals surface area contributed by atoms with Crippen molar-refractivity contribution in [3.8, 4) is 11.5 Å². The minimum Gasteiger partial charge on any atom is -0.497 e. The maximum absolute atomic E-state index is 12.6. The third kappa shape index (κ3) is 5.72. The number of hydrogen-bond acceptors (Lipinski definition) is 5. The standard InChI is InChI=1S/C23H25N3O3/c1-3-29-21-7-5-4-6-20(21)26-23(27)18-13-15-25-22(16-18)24-14-12-17-8-10-19(28-2)11-9-17/h4-11,13,15-16H,3,12,14H2,1-2H3,(H,24,25)(H,26,27). The van der Waals surface area contributed by atoms with Crippen molar-refractivity contribution in [2.45, 2.75) is 13.3 Å². The molecule has 1 amide bonds. The van der Waals surface area contributed by atoms with E-state index in [4.69, 9.17) is 9.47 Å². The van der Waals surface area contributed by atoms with E-state index in [1.54, 1.807) is 25.4 Å². The Labute approximate surface area is 170 Å². The molecule has 3 aromatic rings. The molecule has 2 N–H and O–H groups in total. The van der Waals surface area contributed by atoms with Crippen LogP contribution in [0.4, 0.5) is 11.5 Å². The zero-order chi connectivity index (χ0) is 20.5. The number of carbonyl (C=O) groups excluding carboxylic acids is 1. The van der Waals surface area contributed by atoms with Gasteiger partial charge in [0.15, 0.2) is 0 Å². The maximum atomic E-state index is 12.6. The Kier molecular flexibility index (Phi) is 7.05. The lowest BCUT2D eigenvalue weighted by Gasteiger charge is -2.12. The Morgan fingerprint density at radius 3 is 2.62 bits per heavy atom. The van der Waals surface area contributed by atoms with Crippen LogP contribution in [0.5, 0.6) is 11.5 Å². The molecule has 0 atom stereocenters. The fourth-order valence-corrected chi connectivity index (χ4v) is 2.84. The lowest BCUT2D eigenvalue weighted by atomic mass is 10.1. The normalized spacial score (nSPS) is 10.3. The zero-order valence-electron chi connectivity index (χ0n) is 16.6. The minimum absolute atomic E-state index is 0.210. The van der Waals surface area contributed by atoms with Crippen molar-refractivity contribution in [1.82, 2.24) is 4.98 Å². The SMILES string of the molecule is CCOc1ccccc1NC(=O)c1ccnc(NCCc2ccc(OC)cc2)c1. The molecule has 1 aromatic heterocycles. The molecule has 0 aliphatic rings. The quantitative estimate of drug-likeness (QED) is 0.566. The van der Waals surface area contributed by atoms with Crippen molar-refractivity contribution in [2.75, 3.05) is 30.9 Å². The molecule has 2 aromatic carbocycles. The first-order valence-corrected chi connectivity index (χ1v) is 9.55. The highest BCUT2D eigenvalue weighted by Gasteiger charge is 2.10. The number of methoxy groups -OCH3 is 1. The Morgan fingerprint density at radius 2 is 1.86 bits per heavy atom. The van der Waals surface area contributed by atoms with Crippen LogP contribution in [0.2, 0.25) is 0 Å². The number of nitrogens with one attached hydrogen (secondary N) is 2. The fourth-order valence-electron chi connectivity index (χ4n) is 2.84. The van der Waals surface area contributed by atoms with Gasteiger partial charge >= 0.3 is 0 Å². The number of rotatable bonds is 9. The van der Waals surface area contributed by atoms with E-state index < -0.39 is 0 Å². The van der Waals surface area contributed by atoms with Crippen LogP contribution in [0.25, 0.3) is 0 Å². The van der Waals surface area contributed by atoms with Gasteiger partial charge in [-0.05, 0) is 55.3 Å². The number of benzene rings is 2. The molecule has 0 saturated heterocycles. The summed E-state index contributed by atoms with van der Waals surface area (Å²) in [5.41, 5.74) is 2.36. The van der Waals surface area contributed by atoms with Crippen molar-refractivity contribution in [1.29, 1.82) is 0 Å². The Hall–Kier alpha value is -3.54.